The van der Waals surface area contributed by atoms with Crippen LogP contribution in [0, 0.1) is 22.5 Å². The molecule has 0 saturated carbocycles. The average molecular weight is 512 g/mol. The number of anilines is 1. The van der Waals surface area contributed by atoms with Gasteiger partial charge in [0.25, 0.3) is 11.8 Å². The molecule has 2 aromatic carbocycles. The Morgan fingerprint density at radius 3 is 2.28 bits per heavy atom. The van der Waals surface area contributed by atoms with Crippen LogP contribution < -0.4 is 31.0 Å². The van der Waals surface area contributed by atoms with Gasteiger partial charge in [-0.15, -0.1) is 0 Å². The number of alkyl halides is 3. The van der Waals surface area contributed by atoms with E-state index in [0.29, 0.717) is 0 Å². The van der Waals surface area contributed by atoms with Crippen LogP contribution in [0.2, 0.25) is 0 Å². The molecule has 0 spiro atoms. The lowest BCUT2D eigenvalue weighted by molar-refractivity contribution is -0.154. The van der Waals surface area contributed by atoms with E-state index in [4.69, 9.17) is 31.8 Å². The highest BCUT2D eigenvalue weighted by molar-refractivity contribution is 5.95. The van der Waals surface area contributed by atoms with Crippen molar-refractivity contribution in [3.63, 3.8) is 0 Å². The summed E-state index contributed by atoms with van der Waals surface area (Å²) >= 11 is 0. The Bertz CT molecular complexity index is 1320. The highest BCUT2D eigenvalue weighted by atomic mass is 19.4. The van der Waals surface area contributed by atoms with Gasteiger partial charge in [-0.2, -0.15) is 26.9 Å². The predicted octanol–water partition coefficient (Wildman–Crippen LogP) is 4.18. The smallest absolute Gasteiger partial charge is 0.422 e. The topological polar surface area (TPSA) is 173 Å². The van der Waals surface area contributed by atoms with Gasteiger partial charge in [-0.25, -0.2) is 0 Å². The van der Waals surface area contributed by atoms with E-state index in [1.54, 1.807) is 0 Å². The minimum Gasteiger partial charge on any atom is -0.504 e. The van der Waals surface area contributed by atoms with Crippen LogP contribution in [0.4, 0.5) is 27.6 Å². The maximum absolute atomic E-state index is 14.9. The molecule has 1 aromatic heterocycles. The van der Waals surface area contributed by atoms with Crippen LogP contribution in [0.5, 0.6) is 34.8 Å². The summed E-state index contributed by atoms with van der Waals surface area (Å²) in [5, 5.41) is 27.1. The molecule has 0 radical (unpaired) electrons. The van der Waals surface area contributed by atoms with Gasteiger partial charge in [0.2, 0.25) is 17.4 Å². The number of nitrogens with zero attached hydrogens (tertiary/aromatic N) is 1. The minimum atomic E-state index is -4.94. The largest absolute Gasteiger partial charge is 0.504 e. The number of amidine groups is 1. The quantitative estimate of drug-likeness (QED) is 0.148. The summed E-state index contributed by atoms with van der Waals surface area (Å²) in [6, 6.07) is 8.74. The van der Waals surface area contributed by atoms with Gasteiger partial charge < -0.3 is 36.1 Å². The average Bonchev–Trinajstić information content (AvgIpc) is 2.77. The molecule has 0 bridgehead atoms. The van der Waals surface area contributed by atoms with Crippen molar-refractivity contribution in [1.29, 1.82) is 10.8 Å². The molecule has 0 aliphatic rings. The number of nitrogens with one attached hydrogen (secondary N) is 3. The van der Waals surface area contributed by atoms with E-state index in [1.165, 1.54) is 30.3 Å². The van der Waals surface area contributed by atoms with Gasteiger partial charge in [0, 0.05) is 17.3 Å². The SMILES string of the molecule is N=C(N)Nc1cccc(Oc2nc(Oc3cc(C(=N)N)ccc3O)c(F)c(OCC(F)(F)F)c2F)c1. The zero-order valence-electron chi connectivity index (χ0n) is 17.9. The van der Waals surface area contributed by atoms with E-state index in [-0.39, 0.29) is 17.0 Å². The lowest BCUT2D eigenvalue weighted by Gasteiger charge is -2.16. The molecular weight excluding hydrogens is 495 g/mol. The molecule has 0 atom stereocenters. The summed E-state index contributed by atoms with van der Waals surface area (Å²) < 4.78 is 82.6. The van der Waals surface area contributed by atoms with E-state index in [9.17, 15) is 27.1 Å². The maximum Gasteiger partial charge on any atom is 0.422 e. The van der Waals surface area contributed by atoms with Gasteiger partial charge in [0.1, 0.15) is 11.6 Å². The predicted molar refractivity (Wildman–Crippen MR) is 117 cm³/mol. The molecular formula is C21H17F5N6O4. The molecule has 0 aliphatic heterocycles. The van der Waals surface area contributed by atoms with E-state index in [1.807, 2.05) is 0 Å². The van der Waals surface area contributed by atoms with Crippen molar-refractivity contribution in [2.75, 3.05) is 11.9 Å². The van der Waals surface area contributed by atoms with Crippen molar-refractivity contribution < 1.29 is 41.3 Å². The number of phenols is 1. The summed E-state index contributed by atoms with van der Waals surface area (Å²) in [6.45, 7) is -2.05. The summed E-state index contributed by atoms with van der Waals surface area (Å²) in [5.41, 5.74) is 10.9. The van der Waals surface area contributed by atoms with Crippen molar-refractivity contribution in [2.45, 2.75) is 6.18 Å². The fourth-order valence-corrected chi connectivity index (χ4v) is 2.67. The molecule has 0 amide bonds. The van der Waals surface area contributed by atoms with Crippen LogP contribution in [-0.2, 0) is 0 Å². The Balaban J connectivity index is 2.07. The minimum absolute atomic E-state index is 0.0464. The molecule has 190 valence electrons. The summed E-state index contributed by atoms with van der Waals surface area (Å²) in [4.78, 5) is 3.53. The number of ether oxygens (including phenoxy) is 3. The van der Waals surface area contributed by atoms with Crippen molar-refractivity contribution in [2.24, 2.45) is 11.5 Å². The number of hydrogen-bond donors (Lipinski definition) is 6. The fourth-order valence-electron chi connectivity index (χ4n) is 2.67. The molecule has 0 saturated heterocycles. The fraction of sp³-hybridized carbons (Fsp3) is 0.0952. The van der Waals surface area contributed by atoms with Crippen molar-refractivity contribution in [1.82, 2.24) is 4.98 Å². The number of pyridine rings is 1. The van der Waals surface area contributed by atoms with Gasteiger partial charge >= 0.3 is 6.18 Å². The summed E-state index contributed by atoms with van der Waals surface area (Å²) in [6.07, 6.45) is -4.94. The van der Waals surface area contributed by atoms with Crippen LogP contribution in [0.1, 0.15) is 5.56 Å². The number of rotatable bonds is 8. The lowest BCUT2D eigenvalue weighted by Crippen LogP contribution is -2.20. The molecule has 1 heterocycles. The third-order valence-electron chi connectivity index (χ3n) is 4.16. The number of guanidine groups is 1. The molecule has 10 nitrogen and oxygen atoms in total. The molecule has 15 heteroatoms. The number of aromatic hydroxyl groups is 1. The molecule has 8 N–H and O–H groups in total. The zero-order chi connectivity index (χ0) is 26.6. The molecule has 3 rings (SSSR count). The highest BCUT2D eigenvalue weighted by Gasteiger charge is 2.32. The maximum atomic E-state index is 14.9. The van der Waals surface area contributed by atoms with Gasteiger partial charge in [-0.1, -0.05) is 6.07 Å². The normalized spacial score (nSPS) is 11.0. The monoisotopic (exact) mass is 512 g/mol. The van der Waals surface area contributed by atoms with E-state index in [0.717, 1.165) is 12.1 Å². The number of phenolic OH excluding ortho intramolecular Hbond substituents is 1. The Kier molecular flexibility index (Phi) is 7.31. The van der Waals surface area contributed by atoms with Gasteiger partial charge in [0.05, 0.1) is 0 Å². The molecule has 3 aromatic rings. The summed E-state index contributed by atoms with van der Waals surface area (Å²) in [5.74, 6) is -9.20. The Hall–Kier alpha value is -4.82. The lowest BCUT2D eigenvalue weighted by atomic mass is 10.2. The zero-order valence-corrected chi connectivity index (χ0v) is 17.9. The Morgan fingerprint density at radius 1 is 1.00 bits per heavy atom. The molecule has 0 unspecified atom stereocenters. The second-order valence-corrected chi connectivity index (χ2v) is 6.95. The molecule has 0 fully saturated rings. The van der Waals surface area contributed by atoms with Crippen LogP contribution in [0.25, 0.3) is 0 Å². The van der Waals surface area contributed by atoms with Crippen molar-refractivity contribution >= 4 is 17.5 Å². The number of nitrogens with two attached hydrogens (primary N) is 2. The van der Waals surface area contributed by atoms with E-state index < -0.39 is 65.2 Å². The second kappa shape index (κ2) is 10.2. The first-order valence-corrected chi connectivity index (χ1v) is 9.67. The standard InChI is InChI=1S/C21H17F5N6O4/c22-14-16(34-8-21(24,25)26)15(23)19(36-13-6-9(17(27)28)4-5-12(13)33)32-18(14)35-11-3-1-2-10(7-11)31-20(29)30/h1-7,33H,8H2,(H3,27,28)(H4,29,30,31). The van der Waals surface area contributed by atoms with Gasteiger partial charge in [-0.05, 0) is 30.3 Å². The van der Waals surface area contributed by atoms with E-state index >= 15 is 0 Å². The second-order valence-electron chi connectivity index (χ2n) is 6.95. The molecule has 0 aliphatic carbocycles. The Morgan fingerprint density at radius 2 is 1.67 bits per heavy atom. The first-order valence-electron chi connectivity index (χ1n) is 9.67. The Labute approximate surface area is 199 Å². The third-order valence-corrected chi connectivity index (χ3v) is 4.16. The van der Waals surface area contributed by atoms with Crippen LogP contribution >= 0.6 is 0 Å². The van der Waals surface area contributed by atoms with Crippen LogP contribution in [0.3, 0.4) is 0 Å². The number of aromatic nitrogens is 1. The number of benzene rings is 2. The first-order chi connectivity index (χ1) is 16.8. The third kappa shape index (κ3) is 6.40. The van der Waals surface area contributed by atoms with Gasteiger partial charge in [0.15, 0.2) is 24.1 Å². The number of nitrogen functional groups attached to an aromatic ring is 1. The van der Waals surface area contributed by atoms with Crippen molar-refractivity contribution in [3.05, 3.63) is 59.7 Å². The summed E-state index contributed by atoms with van der Waals surface area (Å²) in [7, 11) is 0. The number of halogens is 5. The highest BCUT2D eigenvalue weighted by Crippen LogP contribution is 2.40. The van der Waals surface area contributed by atoms with Crippen molar-refractivity contribution in [3.8, 4) is 34.8 Å². The first kappa shape index (κ1) is 25.8. The number of hydrogen-bond acceptors (Lipinski definition) is 7. The van der Waals surface area contributed by atoms with Gasteiger partial charge in [-0.3, -0.25) is 10.8 Å². The molecule has 36 heavy (non-hydrogen) atoms. The van der Waals surface area contributed by atoms with Crippen LogP contribution in [-0.4, -0.2) is 34.7 Å². The van der Waals surface area contributed by atoms with E-state index in [2.05, 4.69) is 15.0 Å². The van der Waals surface area contributed by atoms with Crippen LogP contribution in [0.15, 0.2) is 42.5 Å².